The van der Waals surface area contributed by atoms with Crippen molar-refractivity contribution in [1.29, 1.82) is 0 Å². The van der Waals surface area contributed by atoms with Crippen molar-refractivity contribution in [1.82, 2.24) is 9.47 Å². The van der Waals surface area contributed by atoms with Crippen molar-refractivity contribution in [2.75, 3.05) is 13.6 Å². The first-order chi connectivity index (χ1) is 8.08. The van der Waals surface area contributed by atoms with Crippen molar-refractivity contribution in [3.05, 3.63) is 24.0 Å². The second-order valence-corrected chi connectivity index (χ2v) is 4.42. The molecule has 0 aliphatic carbocycles. The van der Waals surface area contributed by atoms with E-state index in [4.69, 9.17) is 5.73 Å². The summed E-state index contributed by atoms with van der Waals surface area (Å²) in [6, 6.07) is 2.08. The van der Waals surface area contributed by atoms with Gasteiger partial charge in [0.1, 0.15) is 6.54 Å². The third-order valence-corrected chi connectivity index (χ3v) is 3.02. The Morgan fingerprint density at radius 1 is 1.53 bits per heavy atom. The summed E-state index contributed by atoms with van der Waals surface area (Å²) in [4.78, 5) is 13.4. The van der Waals surface area contributed by atoms with Gasteiger partial charge in [-0.2, -0.15) is 0 Å². The Hall–Kier alpha value is -1.29. The third-order valence-electron chi connectivity index (χ3n) is 3.02. The number of carbonyl (C=O) groups excluding carboxylic acids is 1. The molecular weight excluding hydrogens is 214 g/mol. The normalized spacial score (nSPS) is 12.5. The average Bonchev–Trinajstić information content (AvgIpc) is 2.76. The Bertz CT molecular complexity index is 359. The molecule has 1 unspecified atom stereocenters. The summed E-state index contributed by atoms with van der Waals surface area (Å²) in [6.45, 7) is 5.22. The van der Waals surface area contributed by atoms with Gasteiger partial charge in [-0.1, -0.05) is 13.3 Å². The molecule has 0 aliphatic rings. The number of hydrogen-bond donors (Lipinski definition) is 1. The highest BCUT2D eigenvalue weighted by Crippen LogP contribution is 2.15. The van der Waals surface area contributed by atoms with Crippen molar-refractivity contribution in [2.45, 2.75) is 39.3 Å². The second kappa shape index (κ2) is 6.45. The van der Waals surface area contributed by atoms with E-state index in [1.807, 2.05) is 37.0 Å². The first-order valence-electron chi connectivity index (χ1n) is 6.23. The highest BCUT2D eigenvalue weighted by atomic mass is 16.2. The van der Waals surface area contributed by atoms with Crippen LogP contribution in [0.4, 0.5) is 0 Å². The van der Waals surface area contributed by atoms with Crippen LogP contribution in [0.2, 0.25) is 0 Å². The molecule has 0 saturated heterocycles. The summed E-state index contributed by atoms with van der Waals surface area (Å²) < 4.78 is 1.90. The van der Waals surface area contributed by atoms with E-state index in [2.05, 4.69) is 6.92 Å². The maximum Gasteiger partial charge on any atom is 0.242 e. The molecule has 0 aliphatic heterocycles. The lowest BCUT2D eigenvalue weighted by Gasteiger charge is -2.14. The molecule has 1 amide bonds. The van der Waals surface area contributed by atoms with Gasteiger partial charge in [-0.3, -0.25) is 4.79 Å². The summed E-state index contributed by atoms with van der Waals surface area (Å²) >= 11 is 0. The van der Waals surface area contributed by atoms with Crippen LogP contribution in [-0.2, 0) is 11.3 Å². The fraction of sp³-hybridized carbons (Fsp3) is 0.615. The summed E-state index contributed by atoms with van der Waals surface area (Å²) in [7, 11) is 1.82. The average molecular weight is 237 g/mol. The van der Waals surface area contributed by atoms with Crippen LogP contribution in [0.1, 0.15) is 38.3 Å². The molecule has 0 aromatic carbocycles. The standard InChI is InChI=1S/C13H23N3O/c1-4-6-12(14)11-7-8-16(9-11)10-13(17)15(3)5-2/h7-9,12H,4-6,10,14H2,1-3H3. The Labute approximate surface area is 103 Å². The Balaban J connectivity index is 2.59. The van der Waals surface area contributed by atoms with Crippen LogP contribution in [-0.4, -0.2) is 29.0 Å². The lowest BCUT2D eigenvalue weighted by molar-refractivity contribution is -0.130. The van der Waals surface area contributed by atoms with Gasteiger partial charge in [0.2, 0.25) is 5.91 Å². The van der Waals surface area contributed by atoms with Crippen LogP contribution in [0.15, 0.2) is 18.5 Å². The molecule has 2 N–H and O–H groups in total. The lowest BCUT2D eigenvalue weighted by atomic mass is 10.1. The number of rotatable bonds is 6. The highest BCUT2D eigenvalue weighted by molar-refractivity contribution is 5.75. The maximum atomic E-state index is 11.7. The van der Waals surface area contributed by atoms with E-state index in [0.29, 0.717) is 6.54 Å². The Morgan fingerprint density at radius 3 is 2.82 bits per heavy atom. The zero-order valence-electron chi connectivity index (χ0n) is 11.0. The van der Waals surface area contributed by atoms with E-state index in [1.165, 1.54) is 0 Å². The van der Waals surface area contributed by atoms with Gasteiger partial charge < -0.3 is 15.2 Å². The van der Waals surface area contributed by atoms with Crippen molar-refractivity contribution in [3.63, 3.8) is 0 Å². The molecule has 0 radical (unpaired) electrons. The zero-order chi connectivity index (χ0) is 12.8. The van der Waals surface area contributed by atoms with Crippen LogP contribution < -0.4 is 5.73 Å². The topological polar surface area (TPSA) is 51.3 Å². The summed E-state index contributed by atoms with van der Waals surface area (Å²) in [5, 5.41) is 0. The smallest absolute Gasteiger partial charge is 0.242 e. The molecule has 0 saturated carbocycles. The minimum Gasteiger partial charge on any atom is -0.345 e. The van der Waals surface area contributed by atoms with Crippen LogP contribution in [0, 0.1) is 0 Å². The van der Waals surface area contributed by atoms with Crippen LogP contribution in [0.5, 0.6) is 0 Å². The molecule has 1 aromatic heterocycles. The van der Waals surface area contributed by atoms with Gasteiger partial charge in [0.25, 0.3) is 0 Å². The molecule has 17 heavy (non-hydrogen) atoms. The predicted octanol–water partition coefficient (Wildman–Crippen LogP) is 1.77. The predicted molar refractivity (Wildman–Crippen MR) is 69.6 cm³/mol. The number of likely N-dealkylation sites (N-methyl/N-ethyl adjacent to an activating group) is 1. The molecule has 1 aromatic rings. The lowest BCUT2D eigenvalue weighted by Crippen LogP contribution is -2.29. The van der Waals surface area contributed by atoms with Crippen LogP contribution in [0.25, 0.3) is 0 Å². The first-order valence-corrected chi connectivity index (χ1v) is 6.23. The highest BCUT2D eigenvalue weighted by Gasteiger charge is 2.10. The quantitative estimate of drug-likeness (QED) is 0.819. The van der Waals surface area contributed by atoms with Gasteiger partial charge >= 0.3 is 0 Å². The molecule has 0 bridgehead atoms. The fourth-order valence-corrected chi connectivity index (χ4v) is 1.71. The van der Waals surface area contributed by atoms with E-state index in [-0.39, 0.29) is 11.9 Å². The van der Waals surface area contributed by atoms with E-state index in [1.54, 1.807) is 4.90 Å². The van der Waals surface area contributed by atoms with Crippen molar-refractivity contribution in [3.8, 4) is 0 Å². The molecule has 96 valence electrons. The van der Waals surface area contributed by atoms with E-state index in [9.17, 15) is 4.79 Å². The van der Waals surface area contributed by atoms with E-state index in [0.717, 1.165) is 24.9 Å². The monoisotopic (exact) mass is 237 g/mol. The van der Waals surface area contributed by atoms with Crippen molar-refractivity contribution >= 4 is 5.91 Å². The first kappa shape index (κ1) is 13.8. The summed E-state index contributed by atoms with van der Waals surface area (Å²) in [5.41, 5.74) is 7.14. The molecule has 0 spiro atoms. The largest absolute Gasteiger partial charge is 0.345 e. The molecule has 0 fully saturated rings. The van der Waals surface area contributed by atoms with Crippen molar-refractivity contribution in [2.24, 2.45) is 5.73 Å². The van der Waals surface area contributed by atoms with Crippen molar-refractivity contribution < 1.29 is 4.79 Å². The molecule has 4 heteroatoms. The van der Waals surface area contributed by atoms with Crippen LogP contribution in [0.3, 0.4) is 0 Å². The zero-order valence-corrected chi connectivity index (χ0v) is 11.0. The summed E-state index contributed by atoms with van der Waals surface area (Å²) in [6.07, 6.45) is 5.95. The van der Waals surface area contributed by atoms with Gasteiger partial charge in [0.05, 0.1) is 0 Å². The Kier molecular flexibility index (Phi) is 5.22. The summed E-state index contributed by atoms with van der Waals surface area (Å²) in [5.74, 6) is 0.124. The van der Waals surface area contributed by atoms with Crippen LogP contribution >= 0.6 is 0 Å². The fourth-order valence-electron chi connectivity index (χ4n) is 1.71. The number of nitrogens with two attached hydrogens (primary N) is 1. The third kappa shape index (κ3) is 3.89. The molecule has 1 atom stereocenters. The van der Waals surface area contributed by atoms with Gasteiger partial charge in [-0.05, 0) is 25.0 Å². The van der Waals surface area contributed by atoms with Gasteiger partial charge in [0, 0.05) is 32.0 Å². The number of amides is 1. The number of aromatic nitrogens is 1. The minimum atomic E-state index is 0.0836. The number of carbonyl (C=O) groups is 1. The molecule has 1 heterocycles. The van der Waals surface area contributed by atoms with Gasteiger partial charge in [-0.25, -0.2) is 0 Å². The maximum absolute atomic E-state index is 11.7. The minimum absolute atomic E-state index is 0.0836. The number of hydrogen-bond acceptors (Lipinski definition) is 2. The second-order valence-electron chi connectivity index (χ2n) is 4.42. The number of nitrogens with zero attached hydrogens (tertiary/aromatic N) is 2. The van der Waals surface area contributed by atoms with E-state index < -0.39 is 0 Å². The molecular formula is C13H23N3O. The Morgan fingerprint density at radius 2 is 2.24 bits per heavy atom. The molecule has 4 nitrogen and oxygen atoms in total. The van der Waals surface area contributed by atoms with E-state index >= 15 is 0 Å². The van der Waals surface area contributed by atoms with Gasteiger partial charge in [0.15, 0.2) is 0 Å². The molecule has 1 rings (SSSR count). The SMILES string of the molecule is CCCC(N)c1ccn(CC(=O)N(C)CC)c1. The van der Waals surface area contributed by atoms with Gasteiger partial charge in [-0.15, -0.1) is 0 Å².